The summed E-state index contributed by atoms with van der Waals surface area (Å²) in [5.74, 6) is 1.12. The molecule has 0 aliphatic carbocycles. The van der Waals surface area contributed by atoms with E-state index in [2.05, 4.69) is 32.9 Å². The van der Waals surface area contributed by atoms with Crippen LogP contribution in [-0.2, 0) is 12.4 Å². The number of aryl methyl sites for hydroxylation is 2. The van der Waals surface area contributed by atoms with Crippen molar-refractivity contribution in [2.24, 2.45) is 0 Å². The van der Waals surface area contributed by atoms with Gasteiger partial charge in [-0.1, -0.05) is 11.6 Å². The Kier molecular flexibility index (Phi) is 3.99. The van der Waals surface area contributed by atoms with Crippen LogP contribution in [0.1, 0.15) is 18.4 Å². The number of rotatable bonds is 3. The lowest BCUT2D eigenvalue weighted by atomic mass is 10.3. The summed E-state index contributed by atoms with van der Waals surface area (Å²) < 4.78 is 4.86. The van der Waals surface area contributed by atoms with E-state index in [0.29, 0.717) is 10.9 Å². The number of nitrogens with zero attached hydrogens (tertiary/aromatic N) is 4. The minimum atomic E-state index is 0.326. The summed E-state index contributed by atoms with van der Waals surface area (Å²) in [6.07, 6.45) is 0. The van der Waals surface area contributed by atoms with Gasteiger partial charge in [0.15, 0.2) is 5.65 Å². The summed E-state index contributed by atoms with van der Waals surface area (Å²) >= 11 is 15.7. The summed E-state index contributed by atoms with van der Waals surface area (Å²) in [4.78, 5) is 4.63. The lowest BCUT2D eigenvalue weighted by Crippen LogP contribution is -2.06. The molecule has 2 heterocycles. The standard InChI is InChI=1S/C14H13BrCl2N4/c1-3-20-14-13(8(2)19-20)18-12(7-16)21(14)11-5-4-9(17)6-10(11)15/h4-6H,3,7H2,1-2H3. The normalized spacial score (nSPS) is 11.5. The average Bonchev–Trinajstić information content (AvgIpc) is 2.97. The maximum atomic E-state index is 6.09. The largest absolute Gasteiger partial charge is 0.279 e. The van der Waals surface area contributed by atoms with Gasteiger partial charge < -0.3 is 0 Å². The van der Waals surface area contributed by atoms with Gasteiger partial charge in [0.1, 0.15) is 11.3 Å². The maximum absolute atomic E-state index is 6.09. The number of aromatic nitrogens is 4. The molecule has 2 aromatic heterocycles. The summed E-state index contributed by atoms with van der Waals surface area (Å²) in [6, 6.07) is 5.66. The van der Waals surface area contributed by atoms with Gasteiger partial charge in [-0.3, -0.25) is 4.57 Å². The Balaban J connectivity index is 2.39. The second kappa shape index (κ2) is 5.63. The van der Waals surface area contributed by atoms with Crippen molar-refractivity contribution in [2.45, 2.75) is 26.3 Å². The highest BCUT2D eigenvalue weighted by atomic mass is 79.9. The lowest BCUT2D eigenvalue weighted by molar-refractivity contribution is 0.660. The van der Waals surface area contributed by atoms with Crippen LogP contribution in [0.5, 0.6) is 0 Å². The van der Waals surface area contributed by atoms with Crippen molar-refractivity contribution in [3.63, 3.8) is 0 Å². The van der Waals surface area contributed by atoms with Crippen molar-refractivity contribution in [2.75, 3.05) is 0 Å². The molecule has 110 valence electrons. The van der Waals surface area contributed by atoms with E-state index in [-0.39, 0.29) is 0 Å². The Morgan fingerprint density at radius 3 is 2.71 bits per heavy atom. The van der Waals surface area contributed by atoms with Crippen molar-refractivity contribution >= 4 is 50.3 Å². The molecular formula is C14H13BrCl2N4. The van der Waals surface area contributed by atoms with E-state index in [1.54, 1.807) is 0 Å². The molecule has 0 spiro atoms. The Bertz CT molecular complexity index is 822. The fourth-order valence-electron chi connectivity index (χ4n) is 2.44. The second-order valence-corrected chi connectivity index (χ2v) is 6.22. The van der Waals surface area contributed by atoms with Crippen LogP contribution in [0.15, 0.2) is 22.7 Å². The molecule has 3 rings (SSSR count). The molecule has 0 amide bonds. The molecule has 21 heavy (non-hydrogen) atoms. The van der Waals surface area contributed by atoms with Crippen LogP contribution >= 0.6 is 39.1 Å². The van der Waals surface area contributed by atoms with Gasteiger partial charge >= 0.3 is 0 Å². The second-order valence-electron chi connectivity index (χ2n) is 4.67. The Labute approximate surface area is 140 Å². The Hall–Kier alpha value is -1.04. The number of fused-ring (bicyclic) bond motifs is 1. The van der Waals surface area contributed by atoms with Gasteiger partial charge in [-0.05, 0) is 48.0 Å². The smallest absolute Gasteiger partial charge is 0.163 e. The zero-order valence-electron chi connectivity index (χ0n) is 11.6. The van der Waals surface area contributed by atoms with Gasteiger partial charge in [-0.25, -0.2) is 9.67 Å². The Morgan fingerprint density at radius 1 is 1.33 bits per heavy atom. The molecule has 0 atom stereocenters. The highest BCUT2D eigenvalue weighted by Gasteiger charge is 2.20. The first-order chi connectivity index (χ1) is 10.1. The summed E-state index contributed by atoms with van der Waals surface area (Å²) in [5, 5.41) is 5.20. The predicted molar refractivity (Wildman–Crippen MR) is 89.5 cm³/mol. The van der Waals surface area contributed by atoms with E-state index < -0.39 is 0 Å². The third kappa shape index (κ3) is 2.37. The molecule has 3 aromatic rings. The molecule has 0 bridgehead atoms. The van der Waals surface area contributed by atoms with E-state index >= 15 is 0 Å². The van der Waals surface area contributed by atoms with E-state index in [0.717, 1.165) is 39.4 Å². The van der Waals surface area contributed by atoms with E-state index in [1.165, 1.54) is 0 Å². The molecule has 0 aliphatic rings. The predicted octanol–water partition coefficient (Wildman–Crippen LogP) is 4.71. The Morgan fingerprint density at radius 2 is 2.10 bits per heavy atom. The van der Waals surface area contributed by atoms with Gasteiger partial charge in [-0.15, -0.1) is 11.6 Å². The van der Waals surface area contributed by atoms with Crippen LogP contribution in [0.3, 0.4) is 0 Å². The molecule has 0 fully saturated rings. The highest BCUT2D eigenvalue weighted by Crippen LogP contribution is 2.31. The number of alkyl halides is 1. The van der Waals surface area contributed by atoms with Crippen LogP contribution in [-0.4, -0.2) is 19.3 Å². The first-order valence-electron chi connectivity index (χ1n) is 6.53. The summed E-state index contributed by atoms with van der Waals surface area (Å²) in [5.41, 5.74) is 3.69. The molecule has 1 aromatic carbocycles. The highest BCUT2D eigenvalue weighted by molar-refractivity contribution is 9.10. The number of imidazole rings is 1. The maximum Gasteiger partial charge on any atom is 0.163 e. The number of hydrogen-bond donors (Lipinski definition) is 0. The molecule has 0 N–H and O–H groups in total. The van der Waals surface area contributed by atoms with Gasteiger partial charge in [0, 0.05) is 16.0 Å². The van der Waals surface area contributed by atoms with Crippen molar-refractivity contribution in [3.8, 4) is 5.69 Å². The SMILES string of the molecule is CCn1nc(C)c2nc(CCl)n(-c3ccc(Cl)cc3Br)c21. The molecule has 0 radical (unpaired) electrons. The third-order valence-corrected chi connectivity index (χ3v) is 4.46. The molecule has 0 aliphatic heterocycles. The first-order valence-corrected chi connectivity index (χ1v) is 8.23. The third-order valence-electron chi connectivity index (χ3n) is 3.35. The quantitative estimate of drug-likeness (QED) is 0.610. The number of hydrogen-bond acceptors (Lipinski definition) is 2. The monoisotopic (exact) mass is 386 g/mol. The molecular weight excluding hydrogens is 375 g/mol. The zero-order valence-corrected chi connectivity index (χ0v) is 14.7. The lowest BCUT2D eigenvalue weighted by Gasteiger charge is -2.11. The van der Waals surface area contributed by atoms with Crippen LogP contribution in [0.4, 0.5) is 0 Å². The fourth-order valence-corrected chi connectivity index (χ4v) is 3.48. The van der Waals surface area contributed by atoms with Crippen LogP contribution in [0, 0.1) is 6.92 Å². The molecule has 0 saturated carbocycles. The van der Waals surface area contributed by atoms with Crippen molar-refractivity contribution in [1.82, 2.24) is 19.3 Å². The van der Waals surface area contributed by atoms with Gasteiger partial charge in [-0.2, -0.15) is 5.10 Å². The van der Waals surface area contributed by atoms with Gasteiger partial charge in [0.25, 0.3) is 0 Å². The van der Waals surface area contributed by atoms with Crippen molar-refractivity contribution in [1.29, 1.82) is 0 Å². The average molecular weight is 388 g/mol. The fraction of sp³-hybridized carbons (Fsp3) is 0.286. The summed E-state index contributed by atoms with van der Waals surface area (Å²) in [6.45, 7) is 4.78. The van der Waals surface area contributed by atoms with E-state index in [9.17, 15) is 0 Å². The van der Waals surface area contributed by atoms with Gasteiger partial charge in [0.05, 0.1) is 17.3 Å². The molecule has 4 nitrogen and oxygen atoms in total. The van der Waals surface area contributed by atoms with Crippen LogP contribution in [0.2, 0.25) is 5.02 Å². The summed E-state index contributed by atoms with van der Waals surface area (Å²) in [7, 11) is 0. The van der Waals surface area contributed by atoms with E-state index in [4.69, 9.17) is 23.2 Å². The van der Waals surface area contributed by atoms with Crippen LogP contribution < -0.4 is 0 Å². The topological polar surface area (TPSA) is 35.6 Å². The van der Waals surface area contributed by atoms with Crippen molar-refractivity contribution in [3.05, 3.63) is 39.2 Å². The van der Waals surface area contributed by atoms with Crippen molar-refractivity contribution < 1.29 is 0 Å². The first kappa shape index (κ1) is 14.9. The number of halogens is 3. The minimum absolute atomic E-state index is 0.326. The minimum Gasteiger partial charge on any atom is -0.279 e. The van der Waals surface area contributed by atoms with E-state index in [1.807, 2.05) is 34.4 Å². The number of benzene rings is 1. The zero-order chi connectivity index (χ0) is 15.1. The molecule has 0 unspecified atom stereocenters. The van der Waals surface area contributed by atoms with Gasteiger partial charge in [0.2, 0.25) is 0 Å². The molecule has 0 saturated heterocycles. The molecule has 7 heteroatoms. The van der Waals surface area contributed by atoms with Crippen LogP contribution in [0.25, 0.3) is 16.9 Å².